The van der Waals surface area contributed by atoms with Crippen molar-refractivity contribution in [2.75, 3.05) is 27.2 Å². The van der Waals surface area contributed by atoms with E-state index in [0.717, 1.165) is 30.9 Å². The second-order valence-electron chi connectivity index (χ2n) is 7.94. The van der Waals surface area contributed by atoms with Crippen molar-refractivity contribution in [1.82, 2.24) is 29.5 Å². The Hall–Kier alpha value is -2.77. The Morgan fingerprint density at radius 1 is 1.24 bits per heavy atom. The number of aryl methyl sites for hydroxylation is 2. The van der Waals surface area contributed by atoms with Gasteiger partial charge in [0.2, 0.25) is 0 Å². The highest BCUT2D eigenvalue weighted by molar-refractivity contribution is 5.55. The zero-order valence-electron chi connectivity index (χ0n) is 17.1. The Morgan fingerprint density at radius 2 is 2.07 bits per heavy atom. The number of likely N-dealkylation sites (N-methyl/N-ethyl adjacent to an activating group) is 1. The lowest BCUT2D eigenvalue weighted by atomic mass is 10.1. The highest BCUT2D eigenvalue weighted by atomic mass is 16.1. The number of likely N-dealkylation sites (tertiary alicyclic amines) is 1. The molecule has 0 aliphatic carbocycles. The third kappa shape index (κ3) is 4.99. The SMILES string of the molecule is CN(C)[C@H]1CCN(Cc2ccc(-c3nc(CCn4cccn4)cc(=O)[nH]3)cc2)C1. The van der Waals surface area contributed by atoms with Crippen molar-refractivity contribution in [1.29, 1.82) is 0 Å². The molecule has 3 heterocycles. The van der Waals surface area contributed by atoms with Crippen molar-refractivity contribution >= 4 is 0 Å². The van der Waals surface area contributed by atoms with Crippen molar-refractivity contribution in [2.45, 2.75) is 32.0 Å². The van der Waals surface area contributed by atoms with E-state index in [1.54, 1.807) is 12.3 Å². The molecule has 1 N–H and O–H groups in total. The van der Waals surface area contributed by atoms with Gasteiger partial charge in [0.25, 0.3) is 5.56 Å². The first-order valence-corrected chi connectivity index (χ1v) is 10.1. The molecule has 1 aliphatic heterocycles. The summed E-state index contributed by atoms with van der Waals surface area (Å²) in [4.78, 5) is 24.4. The van der Waals surface area contributed by atoms with E-state index in [-0.39, 0.29) is 5.56 Å². The fourth-order valence-corrected chi connectivity index (χ4v) is 3.84. The molecule has 7 heteroatoms. The van der Waals surface area contributed by atoms with E-state index in [9.17, 15) is 4.79 Å². The van der Waals surface area contributed by atoms with Gasteiger partial charge in [-0.3, -0.25) is 14.4 Å². The van der Waals surface area contributed by atoms with Gasteiger partial charge in [-0.2, -0.15) is 5.10 Å². The summed E-state index contributed by atoms with van der Waals surface area (Å²) < 4.78 is 1.84. The first-order chi connectivity index (χ1) is 14.1. The number of rotatable bonds is 7. The summed E-state index contributed by atoms with van der Waals surface area (Å²) >= 11 is 0. The Morgan fingerprint density at radius 3 is 2.76 bits per heavy atom. The Balaban J connectivity index is 1.42. The number of nitrogens with one attached hydrogen (secondary N) is 1. The summed E-state index contributed by atoms with van der Waals surface area (Å²) in [6.07, 6.45) is 5.55. The van der Waals surface area contributed by atoms with Crippen LogP contribution < -0.4 is 5.56 Å². The molecule has 1 aromatic carbocycles. The second kappa shape index (κ2) is 8.71. The van der Waals surface area contributed by atoms with Crippen LogP contribution >= 0.6 is 0 Å². The third-order valence-corrected chi connectivity index (χ3v) is 5.56. The molecule has 0 spiro atoms. The van der Waals surface area contributed by atoms with Gasteiger partial charge in [0.1, 0.15) is 5.82 Å². The molecular weight excluding hydrogens is 364 g/mol. The Kier molecular flexibility index (Phi) is 5.87. The summed E-state index contributed by atoms with van der Waals surface area (Å²) in [5.74, 6) is 0.619. The summed E-state index contributed by atoms with van der Waals surface area (Å²) in [5.41, 5.74) is 2.86. The van der Waals surface area contributed by atoms with E-state index in [2.05, 4.69) is 51.1 Å². The zero-order valence-corrected chi connectivity index (χ0v) is 17.1. The maximum Gasteiger partial charge on any atom is 0.251 e. The van der Waals surface area contributed by atoms with Crippen LogP contribution in [-0.4, -0.2) is 62.8 Å². The molecule has 1 atom stereocenters. The molecule has 3 aromatic rings. The maximum absolute atomic E-state index is 12.1. The van der Waals surface area contributed by atoms with Crippen LogP contribution in [-0.2, 0) is 19.5 Å². The van der Waals surface area contributed by atoms with Crippen molar-refractivity contribution in [3.8, 4) is 11.4 Å². The van der Waals surface area contributed by atoms with Crippen LogP contribution in [0.1, 0.15) is 17.7 Å². The summed E-state index contributed by atoms with van der Waals surface area (Å²) in [5, 5.41) is 4.20. The predicted octanol–water partition coefficient (Wildman–Crippen LogP) is 2.01. The molecule has 0 unspecified atom stereocenters. The van der Waals surface area contributed by atoms with Crippen LogP contribution in [0.25, 0.3) is 11.4 Å². The summed E-state index contributed by atoms with van der Waals surface area (Å²) in [6, 6.07) is 12.5. The average molecular weight is 393 g/mol. The van der Waals surface area contributed by atoms with Crippen LogP contribution in [0.2, 0.25) is 0 Å². The number of hydrogen-bond donors (Lipinski definition) is 1. The molecule has 2 aromatic heterocycles. The number of benzene rings is 1. The zero-order chi connectivity index (χ0) is 20.2. The number of hydrogen-bond acceptors (Lipinski definition) is 5. The Bertz CT molecular complexity index is 977. The van der Waals surface area contributed by atoms with Crippen LogP contribution in [0.15, 0.2) is 53.6 Å². The first-order valence-electron chi connectivity index (χ1n) is 10.1. The van der Waals surface area contributed by atoms with Gasteiger partial charge in [-0.25, -0.2) is 4.98 Å². The smallest absolute Gasteiger partial charge is 0.251 e. The maximum atomic E-state index is 12.1. The molecule has 1 fully saturated rings. The van der Waals surface area contributed by atoms with Crippen LogP contribution in [0.4, 0.5) is 0 Å². The van der Waals surface area contributed by atoms with Crippen molar-refractivity contribution in [3.05, 3.63) is 70.4 Å². The average Bonchev–Trinajstić information content (AvgIpc) is 3.39. The molecule has 152 valence electrons. The van der Waals surface area contributed by atoms with Gasteiger partial charge in [0, 0.05) is 62.7 Å². The third-order valence-electron chi connectivity index (χ3n) is 5.56. The summed E-state index contributed by atoms with van der Waals surface area (Å²) in [7, 11) is 4.31. The van der Waals surface area contributed by atoms with Crippen molar-refractivity contribution in [2.24, 2.45) is 0 Å². The molecule has 7 nitrogen and oxygen atoms in total. The molecule has 0 amide bonds. The van der Waals surface area contributed by atoms with Crippen molar-refractivity contribution < 1.29 is 0 Å². The second-order valence-corrected chi connectivity index (χ2v) is 7.94. The number of H-pyrrole nitrogens is 1. The van der Waals surface area contributed by atoms with E-state index in [0.29, 0.717) is 24.8 Å². The fourth-order valence-electron chi connectivity index (χ4n) is 3.84. The van der Waals surface area contributed by atoms with E-state index in [4.69, 9.17) is 0 Å². The molecule has 29 heavy (non-hydrogen) atoms. The number of aromatic nitrogens is 4. The van der Waals surface area contributed by atoms with Gasteiger partial charge in [-0.1, -0.05) is 24.3 Å². The molecule has 0 saturated carbocycles. The quantitative estimate of drug-likeness (QED) is 0.666. The minimum atomic E-state index is -0.124. The van der Waals surface area contributed by atoms with Gasteiger partial charge in [-0.15, -0.1) is 0 Å². The van der Waals surface area contributed by atoms with Gasteiger partial charge in [-0.05, 0) is 32.1 Å². The largest absolute Gasteiger partial charge is 0.307 e. The lowest BCUT2D eigenvalue weighted by Crippen LogP contribution is -2.31. The lowest BCUT2D eigenvalue weighted by Gasteiger charge is -2.20. The minimum Gasteiger partial charge on any atom is -0.307 e. The first kappa shape index (κ1) is 19.5. The molecule has 1 aliphatic rings. The van der Waals surface area contributed by atoms with E-state index in [1.165, 1.54) is 12.0 Å². The fraction of sp³-hybridized carbons (Fsp3) is 0.409. The topological polar surface area (TPSA) is 70.0 Å². The van der Waals surface area contributed by atoms with Crippen LogP contribution in [0.3, 0.4) is 0 Å². The van der Waals surface area contributed by atoms with E-state index >= 15 is 0 Å². The Labute approximate surface area is 171 Å². The van der Waals surface area contributed by atoms with Crippen LogP contribution in [0, 0.1) is 0 Å². The molecule has 4 rings (SSSR count). The highest BCUT2D eigenvalue weighted by Crippen LogP contribution is 2.19. The number of aromatic amines is 1. The molecule has 1 saturated heterocycles. The summed E-state index contributed by atoms with van der Waals surface area (Å²) in [6.45, 7) is 3.91. The lowest BCUT2D eigenvalue weighted by molar-refractivity contribution is 0.264. The van der Waals surface area contributed by atoms with Gasteiger partial charge < -0.3 is 9.88 Å². The van der Waals surface area contributed by atoms with E-state index < -0.39 is 0 Å². The normalized spacial score (nSPS) is 17.3. The highest BCUT2D eigenvalue weighted by Gasteiger charge is 2.23. The minimum absolute atomic E-state index is 0.124. The van der Waals surface area contributed by atoms with Gasteiger partial charge in [0.15, 0.2) is 0 Å². The monoisotopic (exact) mass is 392 g/mol. The van der Waals surface area contributed by atoms with Gasteiger partial charge >= 0.3 is 0 Å². The predicted molar refractivity (Wildman–Crippen MR) is 114 cm³/mol. The number of nitrogens with zero attached hydrogens (tertiary/aromatic N) is 5. The van der Waals surface area contributed by atoms with Crippen molar-refractivity contribution in [3.63, 3.8) is 0 Å². The molecular formula is C22H28N6O. The van der Waals surface area contributed by atoms with Crippen LogP contribution in [0.5, 0.6) is 0 Å². The molecule has 0 radical (unpaired) electrons. The molecule has 0 bridgehead atoms. The van der Waals surface area contributed by atoms with Gasteiger partial charge in [0.05, 0.1) is 5.69 Å². The van der Waals surface area contributed by atoms with E-state index in [1.807, 2.05) is 29.1 Å². The standard InChI is InChI=1S/C22H28N6O/c1-26(2)20-9-12-27(16-20)15-17-4-6-18(7-5-17)22-24-19(14-21(29)25-22)8-13-28-11-3-10-23-28/h3-7,10-11,14,20H,8-9,12-13,15-16H2,1-2H3,(H,24,25,29)/t20-/m0/s1.